The van der Waals surface area contributed by atoms with Crippen molar-refractivity contribution in [2.75, 3.05) is 18.1 Å². The Morgan fingerprint density at radius 1 is 0.629 bits per heavy atom. The van der Waals surface area contributed by atoms with Crippen LogP contribution in [-0.2, 0) is 12.8 Å². The van der Waals surface area contributed by atoms with Gasteiger partial charge in [-0.2, -0.15) is 0 Å². The van der Waals surface area contributed by atoms with Crippen molar-refractivity contribution in [3.63, 3.8) is 0 Å². The number of aliphatic hydroxyl groups excluding tert-OH is 2. The molecule has 0 fully saturated rings. The predicted octanol–water partition coefficient (Wildman–Crippen LogP) is 6.29. The van der Waals surface area contributed by atoms with Crippen LogP contribution in [0, 0.1) is 13.8 Å². The van der Waals surface area contributed by atoms with E-state index in [4.69, 9.17) is 9.84 Å². The van der Waals surface area contributed by atoms with Gasteiger partial charge in [-0.3, -0.25) is 0 Å². The maximum Gasteiger partial charge on any atom is 0.119 e. The van der Waals surface area contributed by atoms with E-state index in [0.29, 0.717) is 5.75 Å². The minimum atomic E-state index is -0.856. The Labute approximate surface area is 208 Å². The lowest BCUT2D eigenvalue weighted by Gasteiger charge is -2.26. The van der Waals surface area contributed by atoms with Gasteiger partial charge in [0.25, 0.3) is 0 Å². The maximum absolute atomic E-state index is 9.41. The van der Waals surface area contributed by atoms with Crippen LogP contribution in [0.4, 0.5) is 17.1 Å². The van der Waals surface area contributed by atoms with Gasteiger partial charge in [0.15, 0.2) is 0 Å². The Morgan fingerprint density at radius 2 is 1.03 bits per heavy atom. The topological polar surface area (TPSA) is 52.9 Å². The van der Waals surface area contributed by atoms with Gasteiger partial charge in [0.1, 0.15) is 18.5 Å². The lowest BCUT2D eigenvalue weighted by Crippen LogP contribution is -2.21. The Morgan fingerprint density at radius 3 is 1.46 bits per heavy atom. The van der Waals surface area contributed by atoms with Crippen LogP contribution in [0.25, 0.3) is 0 Å². The number of nitrogens with zero attached hydrogens (tertiary/aromatic N) is 1. The zero-order valence-electron chi connectivity index (χ0n) is 20.4. The number of rotatable bonds is 10. The van der Waals surface area contributed by atoms with Gasteiger partial charge in [0, 0.05) is 17.1 Å². The van der Waals surface area contributed by atoms with Crippen LogP contribution < -0.4 is 9.64 Å². The van der Waals surface area contributed by atoms with E-state index < -0.39 is 6.10 Å². The lowest BCUT2D eigenvalue weighted by molar-refractivity contribution is 0.0536. The third-order valence-corrected chi connectivity index (χ3v) is 6.06. The van der Waals surface area contributed by atoms with Gasteiger partial charge in [0.05, 0.1) is 6.61 Å². The summed E-state index contributed by atoms with van der Waals surface area (Å²) in [5.74, 6) is 0.693. The van der Waals surface area contributed by atoms with Crippen molar-refractivity contribution >= 4 is 17.1 Å². The van der Waals surface area contributed by atoms with Crippen molar-refractivity contribution in [3.05, 3.63) is 119 Å². The number of aryl methyl sites for hydroxylation is 4. The van der Waals surface area contributed by atoms with Crippen molar-refractivity contribution in [1.82, 2.24) is 0 Å². The highest BCUT2D eigenvalue weighted by Crippen LogP contribution is 2.34. The summed E-state index contributed by atoms with van der Waals surface area (Å²) in [6.45, 7) is 4.00. The van der Waals surface area contributed by atoms with E-state index in [2.05, 4.69) is 91.5 Å². The zero-order chi connectivity index (χ0) is 24.6. The quantitative estimate of drug-likeness (QED) is 0.288. The molecule has 1 unspecified atom stereocenters. The van der Waals surface area contributed by atoms with Crippen LogP contribution in [0.2, 0.25) is 0 Å². The highest BCUT2D eigenvalue weighted by atomic mass is 16.5. The second kappa shape index (κ2) is 11.7. The van der Waals surface area contributed by atoms with Crippen molar-refractivity contribution in [3.8, 4) is 5.75 Å². The molecule has 0 saturated carbocycles. The molecule has 0 aliphatic carbocycles. The number of anilines is 3. The van der Waals surface area contributed by atoms with E-state index in [-0.39, 0.29) is 13.2 Å². The Bertz CT molecular complexity index is 1140. The van der Waals surface area contributed by atoms with Crippen LogP contribution in [0.3, 0.4) is 0 Å². The minimum Gasteiger partial charge on any atom is -0.491 e. The molecule has 0 amide bonds. The SMILES string of the molecule is Cc1ccc(N(c2ccc(C)cc2)c2ccc(CCc3ccc(OCC(O)CO)cc3)cc2)cc1. The summed E-state index contributed by atoms with van der Waals surface area (Å²) in [6, 6.07) is 34.0. The molecule has 2 N–H and O–H groups in total. The van der Waals surface area contributed by atoms with Gasteiger partial charge >= 0.3 is 0 Å². The van der Waals surface area contributed by atoms with Crippen molar-refractivity contribution in [2.24, 2.45) is 0 Å². The Hall–Kier alpha value is -3.60. The molecule has 4 heteroatoms. The highest BCUT2D eigenvalue weighted by molar-refractivity contribution is 5.76. The summed E-state index contributed by atoms with van der Waals surface area (Å²) in [6.07, 6.45) is 1.02. The second-order valence-electron chi connectivity index (χ2n) is 8.96. The number of hydrogen-bond donors (Lipinski definition) is 2. The third kappa shape index (κ3) is 6.72. The molecule has 1 atom stereocenters. The first kappa shape index (κ1) is 24.5. The van der Waals surface area contributed by atoms with Crippen molar-refractivity contribution in [2.45, 2.75) is 32.8 Å². The summed E-state index contributed by atoms with van der Waals surface area (Å²) >= 11 is 0. The van der Waals surface area contributed by atoms with E-state index in [1.165, 1.54) is 22.3 Å². The molecular weight excluding hydrogens is 434 g/mol. The number of hydrogen-bond acceptors (Lipinski definition) is 4. The molecule has 35 heavy (non-hydrogen) atoms. The maximum atomic E-state index is 9.41. The van der Waals surface area contributed by atoms with Crippen LogP contribution in [0.5, 0.6) is 5.75 Å². The van der Waals surface area contributed by atoms with Gasteiger partial charge < -0.3 is 19.8 Å². The third-order valence-electron chi connectivity index (χ3n) is 6.06. The Kier molecular flexibility index (Phi) is 8.19. The van der Waals surface area contributed by atoms with Crippen LogP contribution >= 0.6 is 0 Å². The van der Waals surface area contributed by atoms with Gasteiger partial charge in [-0.25, -0.2) is 0 Å². The van der Waals surface area contributed by atoms with E-state index >= 15 is 0 Å². The molecule has 0 saturated heterocycles. The van der Waals surface area contributed by atoms with Crippen LogP contribution in [0.15, 0.2) is 97.1 Å². The number of aliphatic hydroxyl groups is 2. The Balaban J connectivity index is 1.44. The van der Waals surface area contributed by atoms with Gasteiger partial charge in [-0.15, -0.1) is 0 Å². The molecule has 4 rings (SSSR count). The number of ether oxygens (including phenoxy) is 1. The zero-order valence-corrected chi connectivity index (χ0v) is 20.4. The smallest absolute Gasteiger partial charge is 0.119 e. The van der Waals surface area contributed by atoms with E-state index in [0.717, 1.165) is 29.9 Å². The van der Waals surface area contributed by atoms with Crippen molar-refractivity contribution < 1.29 is 14.9 Å². The molecule has 0 aliphatic heterocycles. The fourth-order valence-corrected chi connectivity index (χ4v) is 3.93. The molecule has 0 radical (unpaired) electrons. The fourth-order valence-electron chi connectivity index (χ4n) is 3.93. The summed E-state index contributed by atoms with van der Waals surface area (Å²) in [4.78, 5) is 2.29. The summed E-state index contributed by atoms with van der Waals surface area (Å²) in [5.41, 5.74) is 8.42. The molecule has 180 valence electrons. The van der Waals surface area contributed by atoms with E-state index in [9.17, 15) is 5.11 Å². The van der Waals surface area contributed by atoms with E-state index in [1.807, 2.05) is 24.3 Å². The molecule has 0 heterocycles. The monoisotopic (exact) mass is 467 g/mol. The van der Waals surface area contributed by atoms with Gasteiger partial charge in [-0.05, 0) is 86.3 Å². The first-order valence-electron chi connectivity index (χ1n) is 12.0. The number of benzene rings is 4. The summed E-state index contributed by atoms with van der Waals surface area (Å²) < 4.78 is 5.48. The molecule has 0 bridgehead atoms. The van der Waals surface area contributed by atoms with Crippen LogP contribution in [-0.4, -0.2) is 29.5 Å². The normalized spacial score (nSPS) is 11.8. The first-order chi connectivity index (χ1) is 17.0. The average Bonchev–Trinajstić information content (AvgIpc) is 2.89. The molecule has 0 aromatic heterocycles. The molecule has 0 spiro atoms. The molecule has 4 aromatic rings. The largest absolute Gasteiger partial charge is 0.491 e. The second-order valence-corrected chi connectivity index (χ2v) is 8.96. The fraction of sp³-hybridized carbons (Fsp3) is 0.226. The van der Waals surface area contributed by atoms with Crippen LogP contribution in [0.1, 0.15) is 22.3 Å². The molecular formula is C31H33NO3. The first-order valence-corrected chi connectivity index (χ1v) is 12.0. The highest BCUT2D eigenvalue weighted by Gasteiger charge is 2.12. The van der Waals surface area contributed by atoms with Crippen molar-refractivity contribution in [1.29, 1.82) is 0 Å². The average molecular weight is 468 g/mol. The lowest BCUT2D eigenvalue weighted by atomic mass is 10.0. The van der Waals surface area contributed by atoms with Gasteiger partial charge in [0.2, 0.25) is 0 Å². The summed E-state index contributed by atoms with van der Waals surface area (Å²) in [7, 11) is 0. The molecule has 0 aliphatic rings. The summed E-state index contributed by atoms with van der Waals surface area (Å²) in [5, 5.41) is 18.3. The molecule has 4 aromatic carbocycles. The predicted molar refractivity (Wildman–Crippen MR) is 143 cm³/mol. The van der Waals surface area contributed by atoms with E-state index in [1.54, 1.807) is 0 Å². The molecule has 4 nitrogen and oxygen atoms in total. The minimum absolute atomic E-state index is 0.0877. The standard InChI is InChI=1S/C31H33NO3/c1-23-3-13-27(14-4-23)32(28-15-5-24(2)6-16-28)29-17-9-25(10-18-29)7-8-26-11-19-31(20-12-26)35-22-30(34)21-33/h3-6,9-20,30,33-34H,7-8,21-22H2,1-2H3. The van der Waals surface area contributed by atoms with Gasteiger partial charge in [-0.1, -0.05) is 59.7 Å².